The Hall–Kier alpha value is -1.71. The first-order chi connectivity index (χ1) is 7.56. The van der Waals surface area contributed by atoms with Gasteiger partial charge in [-0.2, -0.15) is 0 Å². The normalized spacial score (nSPS) is 20.8. The van der Waals surface area contributed by atoms with Crippen LogP contribution in [0.3, 0.4) is 0 Å². The van der Waals surface area contributed by atoms with E-state index in [2.05, 4.69) is 5.32 Å². The van der Waals surface area contributed by atoms with Crippen LogP contribution in [0.25, 0.3) is 0 Å². The van der Waals surface area contributed by atoms with E-state index in [1.165, 1.54) is 6.07 Å². The molecular weight excluding hydrogens is 209 g/mol. The molecule has 1 atom stereocenters. The number of aryl methyl sites for hydroxylation is 1. The van der Waals surface area contributed by atoms with Crippen LogP contribution in [0.4, 0.5) is 4.39 Å². The first kappa shape index (κ1) is 10.8. The SMILES string of the molecule is Cc1cc(C2CC(=O)CC(=O)N2)ccc1F. The van der Waals surface area contributed by atoms with Gasteiger partial charge in [-0.1, -0.05) is 12.1 Å². The average molecular weight is 221 g/mol. The summed E-state index contributed by atoms with van der Waals surface area (Å²) in [4.78, 5) is 22.5. The number of benzene rings is 1. The molecule has 1 aromatic rings. The maximum absolute atomic E-state index is 13.1. The van der Waals surface area contributed by atoms with Gasteiger partial charge in [-0.15, -0.1) is 0 Å². The van der Waals surface area contributed by atoms with E-state index in [0.717, 1.165) is 5.56 Å². The summed E-state index contributed by atoms with van der Waals surface area (Å²) in [5, 5.41) is 2.73. The molecule has 1 fully saturated rings. The number of halogens is 1. The second kappa shape index (κ2) is 4.04. The van der Waals surface area contributed by atoms with Gasteiger partial charge in [0.15, 0.2) is 0 Å². The molecule has 1 aliphatic rings. The van der Waals surface area contributed by atoms with Gasteiger partial charge in [-0.3, -0.25) is 9.59 Å². The van der Waals surface area contributed by atoms with E-state index in [4.69, 9.17) is 0 Å². The van der Waals surface area contributed by atoms with Gasteiger partial charge in [0.1, 0.15) is 11.6 Å². The molecule has 0 bridgehead atoms. The number of carbonyl (C=O) groups excluding carboxylic acids is 2. The van der Waals surface area contributed by atoms with Crippen LogP contribution < -0.4 is 5.32 Å². The van der Waals surface area contributed by atoms with Crippen molar-refractivity contribution < 1.29 is 14.0 Å². The number of hydrogen-bond acceptors (Lipinski definition) is 2. The molecule has 84 valence electrons. The smallest absolute Gasteiger partial charge is 0.227 e. The van der Waals surface area contributed by atoms with Gasteiger partial charge in [-0.25, -0.2) is 4.39 Å². The number of nitrogens with one attached hydrogen (secondary N) is 1. The first-order valence-electron chi connectivity index (χ1n) is 5.13. The van der Waals surface area contributed by atoms with Crippen LogP contribution in [0, 0.1) is 12.7 Å². The predicted molar refractivity (Wildman–Crippen MR) is 56.3 cm³/mol. The summed E-state index contributed by atoms with van der Waals surface area (Å²) < 4.78 is 13.1. The minimum atomic E-state index is -0.312. The molecule has 1 aliphatic heterocycles. The highest BCUT2D eigenvalue weighted by Gasteiger charge is 2.25. The van der Waals surface area contributed by atoms with Crippen LogP contribution >= 0.6 is 0 Å². The number of hydrogen-bond donors (Lipinski definition) is 1. The van der Waals surface area contributed by atoms with E-state index in [9.17, 15) is 14.0 Å². The molecule has 0 spiro atoms. The van der Waals surface area contributed by atoms with Gasteiger partial charge in [0.2, 0.25) is 5.91 Å². The van der Waals surface area contributed by atoms with Crippen LogP contribution in [0.5, 0.6) is 0 Å². The zero-order chi connectivity index (χ0) is 11.7. The molecule has 4 heteroatoms. The summed E-state index contributed by atoms with van der Waals surface area (Å²) in [5.74, 6) is -0.615. The molecule has 1 aromatic carbocycles. The summed E-state index contributed by atoms with van der Waals surface area (Å²) in [6, 6.07) is 4.31. The van der Waals surface area contributed by atoms with Gasteiger partial charge in [0, 0.05) is 6.42 Å². The number of Topliss-reactive ketones (excluding diaryl/α,β-unsaturated/α-hetero) is 1. The van der Waals surface area contributed by atoms with Crippen molar-refractivity contribution in [3.63, 3.8) is 0 Å². The molecule has 2 rings (SSSR count). The van der Waals surface area contributed by atoms with Gasteiger partial charge < -0.3 is 5.32 Å². The van der Waals surface area contributed by atoms with Crippen molar-refractivity contribution in [2.45, 2.75) is 25.8 Å². The predicted octanol–water partition coefficient (Wildman–Crippen LogP) is 1.65. The molecule has 0 aliphatic carbocycles. The Bertz CT molecular complexity index is 440. The average Bonchev–Trinajstić information content (AvgIpc) is 2.20. The standard InChI is InChI=1S/C12H12FNO2/c1-7-4-8(2-3-10(7)13)11-5-9(15)6-12(16)14-11/h2-4,11H,5-6H2,1H3,(H,14,16). The lowest BCUT2D eigenvalue weighted by molar-refractivity contribution is -0.132. The summed E-state index contributed by atoms with van der Waals surface area (Å²) >= 11 is 0. The quantitative estimate of drug-likeness (QED) is 0.733. The van der Waals surface area contributed by atoms with E-state index in [-0.39, 0.29) is 36.4 Å². The van der Waals surface area contributed by atoms with E-state index in [1.807, 2.05) is 0 Å². The summed E-state index contributed by atoms with van der Waals surface area (Å²) in [7, 11) is 0. The van der Waals surface area contributed by atoms with Gasteiger partial charge in [-0.05, 0) is 24.1 Å². The maximum atomic E-state index is 13.1. The third-order valence-corrected chi connectivity index (χ3v) is 2.71. The summed E-state index contributed by atoms with van der Waals surface area (Å²) in [5.41, 5.74) is 1.30. The molecule has 1 heterocycles. The van der Waals surface area contributed by atoms with E-state index in [1.54, 1.807) is 19.1 Å². The highest BCUT2D eigenvalue weighted by molar-refractivity contribution is 6.00. The van der Waals surface area contributed by atoms with Crippen LogP contribution in [-0.4, -0.2) is 11.7 Å². The fourth-order valence-corrected chi connectivity index (χ4v) is 1.86. The topological polar surface area (TPSA) is 46.2 Å². The van der Waals surface area contributed by atoms with Crippen LogP contribution in [0.1, 0.15) is 30.0 Å². The molecule has 0 radical (unpaired) electrons. The van der Waals surface area contributed by atoms with Crippen molar-refractivity contribution in [1.29, 1.82) is 0 Å². The van der Waals surface area contributed by atoms with Crippen molar-refractivity contribution in [3.05, 3.63) is 35.1 Å². The third-order valence-electron chi connectivity index (χ3n) is 2.71. The minimum Gasteiger partial charge on any atom is -0.348 e. The van der Waals surface area contributed by atoms with Crippen molar-refractivity contribution in [2.75, 3.05) is 0 Å². The molecule has 0 aromatic heterocycles. The molecule has 0 saturated carbocycles. The van der Waals surface area contributed by atoms with E-state index in [0.29, 0.717) is 5.56 Å². The number of piperidine rings is 1. The molecular formula is C12H12FNO2. The second-order valence-corrected chi connectivity index (χ2v) is 4.05. The first-order valence-corrected chi connectivity index (χ1v) is 5.13. The highest BCUT2D eigenvalue weighted by Crippen LogP contribution is 2.23. The fourth-order valence-electron chi connectivity index (χ4n) is 1.86. The van der Waals surface area contributed by atoms with E-state index >= 15 is 0 Å². The van der Waals surface area contributed by atoms with Crippen LogP contribution in [-0.2, 0) is 9.59 Å². The van der Waals surface area contributed by atoms with Gasteiger partial charge >= 0.3 is 0 Å². The van der Waals surface area contributed by atoms with Crippen molar-refractivity contribution >= 4 is 11.7 Å². The summed E-state index contributed by atoms with van der Waals surface area (Å²) in [6.07, 6.45) is 0.244. The zero-order valence-corrected chi connectivity index (χ0v) is 8.92. The Kier molecular flexibility index (Phi) is 2.73. The maximum Gasteiger partial charge on any atom is 0.227 e. The van der Waals surface area contributed by atoms with Crippen LogP contribution in [0.2, 0.25) is 0 Å². The lowest BCUT2D eigenvalue weighted by atomic mass is 9.95. The molecule has 1 unspecified atom stereocenters. The van der Waals surface area contributed by atoms with Crippen molar-refractivity contribution in [1.82, 2.24) is 5.32 Å². The van der Waals surface area contributed by atoms with Crippen LogP contribution in [0.15, 0.2) is 18.2 Å². The Morgan fingerprint density at radius 1 is 1.38 bits per heavy atom. The third kappa shape index (κ3) is 2.10. The molecule has 3 nitrogen and oxygen atoms in total. The minimum absolute atomic E-state index is 0.0450. The lowest BCUT2D eigenvalue weighted by Crippen LogP contribution is -2.36. The van der Waals surface area contributed by atoms with Gasteiger partial charge in [0.25, 0.3) is 0 Å². The summed E-state index contributed by atoms with van der Waals surface area (Å²) in [6.45, 7) is 1.66. The van der Waals surface area contributed by atoms with Crippen molar-refractivity contribution in [3.8, 4) is 0 Å². The Morgan fingerprint density at radius 2 is 2.12 bits per heavy atom. The highest BCUT2D eigenvalue weighted by atomic mass is 19.1. The molecule has 1 saturated heterocycles. The van der Waals surface area contributed by atoms with E-state index < -0.39 is 0 Å². The Morgan fingerprint density at radius 3 is 2.75 bits per heavy atom. The zero-order valence-electron chi connectivity index (χ0n) is 8.92. The number of carbonyl (C=O) groups is 2. The Balaban J connectivity index is 2.26. The molecule has 1 amide bonds. The number of ketones is 1. The monoisotopic (exact) mass is 221 g/mol. The van der Waals surface area contributed by atoms with Crippen molar-refractivity contribution in [2.24, 2.45) is 0 Å². The molecule has 16 heavy (non-hydrogen) atoms. The molecule has 1 N–H and O–H groups in total. The largest absolute Gasteiger partial charge is 0.348 e. The fraction of sp³-hybridized carbons (Fsp3) is 0.333. The second-order valence-electron chi connectivity index (χ2n) is 4.05. The lowest BCUT2D eigenvalue weighted by Gasteiger charge is -2.23. The Labute approximate surface area is 92.7 Å². The van der Waals surface area contributed by atoms with Gasteiger partial charge in [0.05, 0.1) is 12.5 Å². The number of amides is 1. The number of rotatable bonds is 1.